The number of hydrogen-bond donors (Lipinski definition) is 2. The molecule has 1 aliphatic rings. The van der Waals surface area contributed by atoms with Gasteiger partial charge >= 0.3 is 0 Å². The number of hydrogen-bond acceptors (Lipinski definition) is 2. The van der Waals surface area contributed by atoms with Crippen LogP contribution in [-0.2, 0) is 17.6 Å². The van der Waals surface area contributed by atoms with Gasteiger partial charge in [-0.3, -0.25) is 4.79 Å². The first-order chi connectivity index (χ1) is 9.81. The molecular weight excluding hydrogens is 248 g/mol. The van der Waals surface area contributed by atoms with Crippen LogP contribution in [0.15, 0.2) is 48.5 Å². The third-order valence-electron chi connectivity index (χ3n) is 3.61. The van der Waals surface area contributed by atoms with Crippen LogP contribution in [0.4, 0.5) is 11.4 Å². The average molecular weight is 266 g/mol. The van der Waals surface area contributed by atoms with Gasteiger partial charge in [-0.1, -0.05) is 24.3 Å². The van der Waals surface area contributed by atoms with E-state index >= 15 is 0 Å². The smallest absolute Gasteiger partial charge is 0.243 e. The third kappa shape index (κ3) is 2.99. The van der Waals surface area contributed by atoms with Crippen molar-refractivity contribution in [3.63, 3.8) is 0 Å². The number of fused-ring (bicyclic) bond motifs is 1. The van der Waals surface area contributed by atoms with Gasteiger partial charge in [0.05, 0.1) is 6.54 Å². The van der Waals surface area contributed by atoms with Gasteiger partial charge in [0.2, 0.25) is 5.91 Å². The molecule has 0 fully saturated rings. The van der Waals surface area contributed by atoms with Gasteiger partial charge in [0.25, 0.3) is 0 Å². The van der Waals surface area contributed by atoms with Crippen molar-refractivity contribution >= 4 is 17.3 Å². The van der Waals surface area contributed by atoms with E-state index < -0.39 is 0 Å². The Balaban J connectivity index is 1.55. The minimum atomic E-state index is -0.0308. The summed E-state index contributed by atoms with van der Waals surface area (Å²) in [7, 11) is 0. The van der Waals surface area contributed by atoms with E-state index in [2.05, 4.69) is 28.8 Å². The molecule has 0 radical (unpaired) electrons. The fourth-order valence-corrected chi connectivity index (χ4v) is 2.59. The molecule has 2 N–H and O–H groups in total. The number of rotatable bonds is 4. The SMILES string of the molecule is O=C(CNc1ccc2c(c1)CCC2)Nc1ccccc1. The molecule has 3 heteroatoms. The van der Waals surface area contributed by atoms with E-state index in [0.717, 1.165) is 17.8 Å². The molecule has 102 valence electrons. The van der Waals surface area contributed by atoms with Gasteiger partial charge in [0.1, 0.15) is 0 Å². The van der Waals surface area contributed by atoms with Crippen molar-refractivity contribution in [1.29, 1.82) is 0 Å². The van der Waals surface area contributed by atoms with E-state index in [1.165, 1.54) is 24.0 Å². The van der Waals surface area contributed by atoms with Gasteiger partial charge < -0.3 is 10.6 Å². The van der Waals surface area contributed by atoms with Crippen LogP contribution >= 0.6 is 0 Å². The highest BCUT2D eigenvalue weighted by Crippen LogP contribution is 2.24. The summed E-state index contributed by atoms with van der Waals surface area (Å²) in [6.45, 7) is 0.285. The Labute approximate surface area is 119 Å². The van der Waals surface area contributed by atoms with Gasteiger partial charge in [-0.2, -0.15) is 0 Å². The summed E-state index contributed by atoms with van der Waals surface area (Å²) in [5, 5.41) is 6.05. The molecule has 0 aromatic heterocycles. The van der Waals surface area contributed by atoms with Crippen molar-refractivity contribution in [2.75, 3.05) is 17.2 Å². The van der Waals surface area contributed by atoms with Gasteiger partial charge in [-0.05, 0) is 54.7 Å². The van der Waals surface area contributed by atoms with Gasteiger partial charge in [-0.25, -0.2) is 0 Å². The molecule has 3 nitrogen and oxygen atoms in total. The number of aryl methyl sites for hydroxylation is 2. The van der Waals surface area contributed by atoms with Gasteiger partial charge in [0.15, 0.2) is 0 Å². The van der Waals surface area contributed by atoms with E-state index in [1.807, 2.05) is 30.3 Å². The Bertz CT molecular complexity index is 608. The summed E-state index contributed by atoms with van der Waals surface area (Å²) >= 11 is 0. The third-order valence-corrected chi connectivity index (χ3v) is 3.61. The summed E-state index contributed by atoms with van der Waals surface area (Å²) in [5.74, 6) is -0.0308. The molecule has 0 unspecified atom stereocenters. The summed E-state index contributed by atoms with van der Waals surface area (Å²) in [6, 6.07) is 15.9. The molecule has 2 aromatic rings. The molecule has 0 spiro atoms. The van der Waals surface area contributed by atoms with Crippen LogP contribution in [0.2, 0.25) is 0 Å². The molecule has 0 bridgehead atoms. The molecule has 20 heavy (non-hydrogen) atoms. The number of nitrogens with one attached hydrogen (secondary N) is 2. The summed E-state index contributed by atoms with van der Waals surface area (Å²) in [4.78, 5) is 11.8. The molecule has 2 aromatic carbocycles. The first-order valence-corrected chi connectivity index (χ1v) is 7.02. The van der Waals surface area contributed by atoms with E-state index in [9.17, 15) is 4.79 Å². The van der Waals surface area contributed by atoms with Crippen LogP contribution in [0.1, 0.15) is 17.5 Å². The molecule has 3 rings (SSSR count). The lowest BCUT2D eigenvalue weighted by Crippen LogP contribution is -2.21. The zero-order valence-corrected chi connectivity index (χ0v) is 11.4. The maximum atomic E-state index is 11.8. The van der Waals surface area contributed by atoms with E-state index in [1.54, 1.807) is 0 Å². The fourth-order valence-electron chi connectivity index (χ4n) is 2.59. The normalized spacial score (nSPS) is 12.8. The lowest BCUT2D eigenvalue weighted by Gasteiger charge is -2.09. The quantitative estimate of drug-likeness (QED) is 0.892. The minimum absolute atomic E-state index is 0.0308. The second kappa shape index (κ2) is 5.78. The maximum absolute atomic E-state index is 11.8. The Morgan fingerprint density at radius 2 is 1.75 bits per heavy atom. The number of amides is 1. The highest BCUT2D eigenvalue weighted by Gasteiger charge is 2.11. The first kappa shape index (κ1) is 12.7. The average Bonchev–Trinajstić information content (AvgIpc) is 2.93. The van der Waals surface area contributed by atoms with Crippen LogP contribution in [0.25, 0.3) is 0 Å². The second-order valence-electron chi connectivity index (χ2n) is 5.10. The molecule has 0 atom stereocenters. The predicted molar refractivity (Wildman–Crippen MR) is 82.0 cm³/mol. The van der Waals surface area contributed by atoms with Crippen LogP contribution in [-0.4, -0.2) is 12.5 Å². The number of anilines is 2. The molecular formula is C17H18N2O. The lowest BCUT2D eigenvalue weighted by atomic mass is 10.1. The monoisotopic (exact) mass is 266 g/mol. The fraction of sp³-hybridized carbons (Fsp3) is 0.235. The summed E-state index contributed by atoms with van der Waals surface area (Å²) in [6.07, 6.45) is 3.58. The van der Waals surface area contributed by atoms with Crippen LogP contribution in [0.5, 0.6) is 0 Å². The summed E-state index contributed by atoms with van der Waals surface area (Å²) in [5.41, 5.74) is 4.71. The lowest BCUT2D eigenvalue weighted by molar-refractivity contribution is -0.114. The molecule has 1 amide bonds. The first-order valence-electron chi connectivity index (χ1n) is 7.02. The van der Waals surface area contributed by atoms with Gasteiger partial charge in [-0.15, -0.1) is 0 Å². The Morgan fingerprint density at radius 1 is 0.950 bits per heavy atom. The highest BCUT2D eigenvalue weighted by molar-refractivity contribution is 5.93. The Morgan fingerprint density at radius 3 is 2.60 bits per heavy atom. The van der Waals surface area contributed by atoms with Crippen molar-refractivity contribution in [3.8, 4) is 0 Å². The standard InChI is InChI=1S/C17H18N2O/c20-17(19-15-7-2-1-3-8-15)12-18-16-10-9-13-5-4-6-14(13)11-16/h1-3,7-11,18H,4-6,12H2,(H,19,20). The Kier molecular flexibility index (Phi) is 3.68. The summed E-state index contributed by atoms with van der Waals surface area (Å²) < 4.78 is 0. The predicted octanol–water partition coefficient (Wildman–Crippen LogP) is 3.23. The van der Waals surface area contributed by atoms with E-state index in [4.69, 9.17) is 0 Å². The number of carbonyl (C=O) groups is 1. The van der Waals surface area contributed by atoms with Gasteiger partial charge in [0, 0.05) is 11.4 Å². The Hall–Kier alpha value is -2.29. The highest BCUT2D eigenvalue weighted by atomic mass is 16.1. The zero-order valence-electron chi connectivity index (χ0n) is 11.4. The molecule has 0 aliphatic heterocycles. The number of para-hydroxylation sites is 1. The van der Waals surface area contributed by atoms with Crippen molar-refractivity contribution in [3.05, 3.63) is 59.7 Å². The molecule has 0 heterocycles. The van der Waals surface area contributed by atoms with Crippen molar-refractivity contribution in [2.24, 2.45) is 0 Å². The zero-order chi connectivity index (χ0) is 13.8. The van der Waals surface area contributed by atoms with E-state index in [-0.39, 0.29) is 12.5 Å². The maximum Gasteiger partial charge on any atom is 0.243 e. The number of carbonyl (C=O) groups excluding carboxylic acids is 1. The molecule has 0 saturated carbocycles. The molecule has 0 saturated heterocycles. The molecule has 1 aliphatic carbocycles. The topological polar surface area (TPSA) is 41.1 Å². The minimum Gasteiger partial charge on any atom is -0.376 e. The number of benzene rings is 2. The van der Waals surface area contributed by atoms with Crippen LogP contribution in [0.3, 0.4) is 0 Å². The van der Waals surface area contributed by atoms with Crippen molar-refractivity contribution in [1.82, 2.24) is 0 Å². The largest absolute Gasteiger partial charge is 0.376 e. The van der Waals surface area contributed by atoms with Crippen LogP contribution in [0, 0.1) is 0 Å². The second-order valence-corrected chi connectivity index (χ2v) is 5.10. The van der Waals surface area contributed by atoms with Crippen LogP contribution < -0.4 is 10.6 Å². The van der Waals surface area contributed by atoms with Crippen molar-refractivity contribution in [2.45, 2.75) is 19.3 Å². The van der Waals surface area contributed by atoms with Crippen molar-refractivity contribution < 1.29 is 4.79 Å². The van der Waals surface area contributed by atoms with E-state index in [0.29, 0.717) is 0 Å².